The van der Waals surface area contributed by atoms with Crippen molar-refractivity contribution in [2.24, 2.45) is 0 Å². The SMILES string of the molecule is CNc1ccc(C=Cc2cc[n+](C(=O)CCNC(=O)OC(C)(C)C)c3ccccc23)cc1. The first-order valence-corrected chi connectivity index (χ1v) is 10.7. The maximum atomic E-state index is 12.8. The molecular formula is C26H30N3O3+. The van der Waals surface area contributed by atoms with Gasteiger partial charge in [0.15, 0.2) is 6.20 Å². The van der Waals surface area contributed by atoms with Crippen molar-refractivity contribution in [3.8, 4) is 0 Å². The van der Waals surface area contributed by atoms with Crippen LogP contribution in [0.15, 0.2) is 60.8 Å². The minimum atomic E-state index is -0.572. The van der Waals surface area contributed by atoms with Crippen LogP contribution in [0.1, 0.15) is 43.1 Å². The molecule has 0 atom stereocenters. The fourth-order valence-electron chi connectivity index (χ4n) is 3.27. The monoisotopic (exact) mass is 432 g/mol. The van der Waals surface area contributed by atoms with Gasteiger partial charge in [0.25, 0.3) is 0 Å². The van der Waals surface area contributed by atoms with Crippen molar-refractivity contribution in [3.63, 3.8) is 0 Å². The molecule has 1 amide bonds. The molecule has 3 rings (SSSR count). The second kappa shape index (κ2) is 10.1. The summed E-state index contributed by atoms with van der Waals surface area (Å²) in [4.78, 5) is 24.6. The van der Waals surface area contributed by atoms with Crippen molar-refractivity contribution in [2.45, 2.75) is 32.8 Å². The van der Waals surface area contributed by atoms with Crippen LogP contribution >= 0.6 is 0 Å². The van der Waals surface area contributed by atoms with Crippen LogP contribution in [0.5, 0.6) is 0 Å². The van der Waals surface area contributed by atoms with Crippen molar-refractivity contribution in [2.75, 3.05) is 18.9 Å². The van der Waals surface area contributed by atoms with Gasteiger partial charge >= 0.3 is 12.0 Å². The van der Waals surface area contributed by atoms with Gasteiger partial charge in [-0.25, -0.2) is 9.59 Å². The third-order valence-corrected chi connectivity index (χ3v) is 4.81. The molecular weight excluding hydrogens is 402 g/mol. The van der Waals surface area contributed by atoms with Crippen LogP contribution in [-0.2, 0) is 4.74 Å². The second-order valence-electron chi connectivity index (χ2n) is 8.44. The number of nitrogens with one attached hydrogen (secondary N) is 2. The molecule has 0 spiro atoms. The smallest absolute Gasteiger partial charge is 0.407 e. The molecule has 0 bridgehead atoms. The first-order chi connectivity index (χ1) is 15.3. The summed E-state index contributed by atoms with van der Waals surface area (Å²) in [5.41, 5.74) is 3.43. The normalized spacial score (nSPS) is 11.5. The van der Waals surface area contributed by atoms with Gasteiger partial charge in [-0.2, -0.15) is 0 Å². The Labute approximate surface area is 188 Å². The Hall–Kier alpha value is -3.67. The molecule has 0 saturated carbocycles. The van der Waals surface area contributed by atoms with Crippen molar-refractivity contribution in [1.29, 1.82) is 0 Å². The number of rotatable bonds is 6. The van der Waals surface area contributed by atoms with Crippen molar-refractivity contribution >= 4 is 40.7 Å². The summed E-state index contributed by atoms with van der Waals surface area (Å²) in [5.74, 6) is -0.101. The number of fused-ring (bicyclic) bond motifs is 1. The molecule has 0 saturated heterocycles. The number of alkyl carbamates (subject to hydrolysis) is 1. The van der Waals surface area contributed by atoms with Crippen LogP contribution in [0.3, 0.4) is 0 Å². The molecule has 2 N–H and O–H groups in total. The van der Waals surface area contributed by atoms with Crippen molar-refractivity contribution in [3.05, 3.63) is 71.9 Å². The molecule has 3 aromatic rings. The number of hydrogen-bond acceptors (Lipinski definition) is 4. The summed E-state index contributed by atoms with van der Waals surface area (Å²) in [6.45, 7) is 5.60. The van der Waals surface area contributed by atoms with Gasteiger partial charge in [-0.15, -0.1) is 4.57 Å². The van der Waals surface area contributed by atoms with Gasteiger partial charge in [0.05, 0.1) is 11.8 Å². The Bertz CT molecular complexity index is 1130. The molecule has 0 aliphatic carbocycles. The fourth-order valence-corrected chi connectivity index (χ4v) is 3.27. The van der Waals surface area contributed by atoms with Gasteiger partial charge in [-0.1, -0.05) is 36.4 Å². The van der Waals surface area contributed by atoms with Gasteiger partial charge in [-0.3, -0.25) is 0 Å². The number of amides is 1. The number of carbonyl (C=O) groups excluding carboxylic acids is 2. The van der Waals surface area contributed by atoms with E-state index in [1.807, 2.05) is 49.5 Å². The molecule has 1 heterocycles. The lowest BCUT2D eigenvalue weighted by atomic mass is 10.1. The summed E-state index contributed by atoms with van der Waals surface area (Å²) in [5, 5.41) is 6.72. The second-order valence-corrected chi connectivity index (χ2v) is 8.44. The topological polar surface area (TPSA) is 71.3 Å². The summed E-state index contributed by atoms with van der Waals surface area (Å²) < 4.78 is 6.84. The Morgan fingerprint density at radius 2 is 1.72 bits per heavy atom. The van der Waals surface area contributed by atoms with Crippen LogP contribution in [-0.4, -0.2) is 31.2 Å². The summed E-state index contributed by atoms with van der Waals surface area (Å²) in [6, 6.07) is 17.9. The molecule has 1 aromatic heterocycles. The van der Waals surface area contributed by atoms with Crippen LogP contribution in [0.2, 0.25) is 0 Å². The first-order valence-electron chi connectivity index (χ1n) is 10.7. The van der Waals surface area contributed by atoms with Gasteiger partial charge in [0.2, 0.25) is 5.52 Å². The van der Waals surface area contributed by atoms with E-state index in [0.717, 1.165) is 27.7 Å². The Morgan fingerprint density at radius 3 is 2.41 bits per heavy atom. The maximum Gasteiger partial charge on any atom is 0.407 e. The number of para-hydroxylation sites is 1. The predicted octanol–water partition coefficient (Wildman–Crippen LogP) is 4.89. The Balaban J connectivity index is 1.74. The van der Waals surface area contributed by atoms with E-state index in [1.54, 1.807) is 31.5 Å². The van der Waals surface area contributed by atoms with E-state index in [2.05, 4.69) is 34.9 Å². The summed E-state index contributed by atoms with van der Waals surface area (Å²) in [6.07, 6.45) is 5.53. The van der Waals surface area contributed by atoms with E-state index in [1.165, 1.54) is 0 Å². The average molecular weight is 433 g/mol. The molecule has 6 heteroatoms. The number of benzene rings is 2. The van der Waals surface area contributed by atoms with E-state index >= 15 is 0 Å². The van der Waals surface area contributed by atoms with Crippen LogP contribution < -0.4 is 15.2 Å². The standard InChI is InChI=1S/C26H29N3O3/c1-26(2,3)32-25(31)28-17-15-24(30)29-18-16-20(22-7-5-6-8-23(22)29)12-9-19-10-13-21(27-4)14-11-19/h5-14,16,18H,15,17H2,1-4H3,(H,28,31)/p+1. The lowest BCUT2D eigenvalue weighted by molar-refractivity contribution is -0.546. The predicted molar refractivity (Wildman–Crippen MR) is 129 cm³/mol. The zero-order valence-electron chi connectivity index (χ0n) is 19.0. The minimum Gasteiger partial charge on any atom is -0.444 e. The molecule has 0 fully saturated rings. The number of pyridine rings is 1. The van der Waals surface area contributed by atoms with Gasteiger partial charge in [-0.05, 0) is 50.1 Å². The Kier molecular flexibility index (Phi) is 7.25. The first kappa shape index (κ1) is 23.0. The van der Waals surface area contributed by atoms with E-state index < -0.39 is 11.7 Å². The number of hydrogen-bond donors (Lipinski definition) is 2. The molecule has 6 nitrogen and oxygen atoms in total. The highest BCUT2D eigenvalue weighted by Gasteiger charge is 2.21. The molecule has 166 valence electrons. The quantitative estimate of drug-likeness (QED) is 0.544. The molecule has 32 heavy (non-hydrogen) atoms. The Morgan fingerprint density at radius 1 is 1.00 bits per heavy atom. The number of anilines is 1. The lowest BCUT2D eigenvalue weighted by Gasteiger charge is -2.19. The highest BCUT2D eigenvalue weighted by Crippen LogP contribution is 2.19. The van der Waals surface area contributed by atoms with Gasteiger partial charge < -0.3 is 15.4 Å². The zero-order chi connectivity index (χ0) is 23.1. The molecule has 0 unspecified atom stereocenters. The summed E-state index contributed by atoms with van der Waals surface area (Å²) >= 11 is 0. The molecule has 0 radical (unpaired) electrons. The van der Waals surface area contributed by atoms with Gasteiger partial charge in [0, 0.05) is 31.4 Å². The number of carbonyl (C=O) groups is 2. The largest absolute Gasteiger partial charge is 0.444 e. The number of nitrogens with zero attached hydrogens (tertiary/aromatic N) is 1. The highest BCUT2D eigenvalue weighted by atomic mass is 16.6. The third-order valence-electron chi connectivity index (χ3n) is 4.81. The number of ether oxygens (including phenoxy) is 1. The molecule has 0 aliphatic heterocycles. The van der Waals surface area contributed by atoms with E-state index in [0.29, 0.717) is 0 Å². The fraction of sp³-hybridized carbons (Fsp3) is 0.269. The average Bonchev–Trinajstić information content (AvgIpc) is 2.76. The van der Waals surface area contributed by atoms with Gasteiger partial charge in [0.1, 0.15) is 5.60 Å². The van der Waals surface area contributed by atoms with Crippen molar-refractivity contribution < 1.29 is 18.9 Å². The molecule has 2 aromatic carbocycles. The third kappa shape index (κ3) is 6.17. The van der Waals surface area contributed by atoms with Crippen LogP contribution in [0.4, 0.5) is 10.5 Å². The lowest BCUT2D eigenvalue weighted by Crippen LogP contribution is -2.44. The van der Waals surface area contributed by atoms with E-state index in [4.69, 9.17) is 4.74 Å². The molecule has 0 aliphatic rings. The maximum absolute atomic E-state index is 12.8. The minimum absolute atomic E-state index is 0.101. The highest BCUT2D eigenvalue weighted by molar-refractivity contribution is 5.90. The zero-order valence-corrected chi connectivity index (χ0v) is 19.0. The van der Waals surface area contributed by atoms with E-state index in [9.17, 15) is 9.59 Å². The summed E-state index contributed by atoms with van der Waals surface area (Å²) in [7, 11) is 1.89. The van der Waals surface area contributed by atoms with Crippen LogP contribution in [0.25, 0.3) is 23.1 Å². The van der Waals surface area contributed by atoms with E-state index in [-0.39, 0.29) is 18.9 Å². The van der Waals surface area contributed by atoms with Crippen molar-refractivity contribution in [1.82, 2.24) is 5.32 Å². The number of aromatic nitrogens is 1. The van der Waals surface area contributed by atoms with Crippen LogP contribution in [0, 0.1) is 0 Å².